The third-order valence-electron chi connectivity index (χ3n) is 4.54. The maximum atomic E-state index is 11.2. The van der Waals surface area contributed by atoms with Crippen LogP contribution in [-0.4, -0.2) is 57.5 Å². The highest BCUT2D eigenvalue weighted by Gasteiger charge is 2.24. The Bertz CT molecular complexity index is 870. The molecule has 0 aromatic heterocycles. The number of carboxylic acid groups (broad SMARTS) is 4. The first-order valence-corrected chi connectivity index (χ1v) is 9.52. The summed E-state index contributed by atoms with van der Waals surface area (Å²) in [7, 11) is 0. The van der Waals surface area contributed by atoms with Gasteiger partial charge in [-0.15, -0.1) is 0 Å². The summed E-state index contributed by atoms with van der Waals surface area (Å²) in [6.07, 6.45) is -1.04. The maximum absolute atomic E-state index is 11.2. The molecular weight excluding hydrogens is 424 g/mol. The Hall–Kier alpha value is -4.08. The van der Waals surface area contributed by atoms with E-state index >= 15 is 0 Å². The molecule has 2 aromatic carbocycles. The molecule has 10 heteroatoms. The molecule has 2 atom stereocenters. The summed E-state index contributed by atoms with van der Waals surface area (Å²) < 4.78 is 11.0. The van der Waals surface area contributed by atoms with Gasteiger partial charge in [0.15, 0.2) is 0 Å². The fourth-order valence-corrected chi connectivity index (χ4v) is 2.96. The van der Waals surface area contributed by atoms with E-state index in [1.54, 1.807) is 0 Å². The van der Waals surface area contributed by atoms with Crippen molar-refractivity contribution in [3.8, 4) is 11.5 Å². The Kier molecular flexibility index (Phi) is 8.58. The van der Waals surface area contributed by atoms with Crippen LogP contribution in [0.1, 0.15) is 35.8 Å². The van der Waals surface area contributed by atoms with E-state index in [2.05, 4.69) is 0 Å². The van der Waals surface area contributed by atoms with E-state index in [4.69, 9.17) is 19.7 Å². The first kappa shape index (κ1) is 24.2. The monoisotopic (exact) mass is 446 g/mol. The maximum Gasteiger partial charge on any atom is 0.311 e. The second-order valence-electron chi connectivity index (χ2n) is 6.81. The number of carboxylic acids is 4. The smallest absolute Gasteiger partial charge is 0.311 e. The van der Waals surface area contributed by atoms with Gasteiger partial charge in [0.2, 0.25) is 0 Å². The number of aliphatic carboxylic acids is 4. The van der Waals surface area contributed by atoms with Gasteiger partial charge in [-0.3, -0.25) is 19.2 Å². The summed E-state index contributed by atoms with van der Waals surface area (Å²) in [5.74, 6) is -6.26. The summed E-state index contributed by atoms with van der Waals surface area (Å²) in [6.45, 7) is 0.324. The molecule has 0 saturated carbocycles. The molecule has 0 saturated heterocycles. The van der Waals surface area contributed by atoms with E-state index in [9.17, 15) is 29.4 Å². The third kappa shape index (κ3) is 7.31. The normalized spacial score (nSPS) is 12.4. The van der Waals surface area contributed by atoms with Crippen molar-refractivity contribution in [1.82, 2.24) is 0 Å². The lowest BCUT2D eigenvalue weighted by Gasteiger charge is -2.13. The minimum absolute atomic E-state index is 0.162. The number of rotatable bonds is 13. The van der Waals surface area contributed by atoms with Gasteiger partial charge in [0.1, 0.15) is 24.7 Å². The van der Waals surface area contributed by atoms with Gasteiger partial charge in [-0.05, 0) is 35.4 Å². The standard InChI is InChI=1S/C22H22O10/c23-19(24)11-17(21(27)28)13-1-5-15(6-2-13)31-9-10-32-16-7-3-14(4-8-16)18(22(29)30)12-20(25)26/h1-8,17-18H,9-12H2,(H,23,24)(H,25,26)(H,27,28)(H,29,30)/t17-,18+. The lowest BCUT2D eigenvalue weighted by molar-refractivity contribution is -0.145. The largest absolute Gasteiger partial charge is 0.490 e. The Balaban J connectivity index is 1.85. The number of ether oxygens (including phenoxy) is 2. The Morgan fingerprint density at radius 3 is 1.16 bits per heavy atom. The number of hydrogen-bond acceptors (Lipinski definition) is 6. The van der Waals surface area contributed by atoms with E-state index in [0.717, 1.165) is 0 Å². The lowest BCUT2D eigenvalue weighted by Crippen LogP contribution is -2.16. The van der Waals surface area contributed by atoms with Crippen molar-refractivity contribution in [3.05, 3.63) is 59.7 Å². The molecule has 0 aliphatic rings. The van der Waals surface area contributed by atoms with Crippen molar-refractivity contribution < 1.29 is 49.1 Å². The highest BCUT2D eigenvalue weighted by molar-refractivity contribution is 5.83. The molecule has 0 unspecified atom stereocenters. The van der Waals surface area contributed by atoms with Gasteiger partial charge in [0.25, 0.3) is 0 Å². The van der Waals surface area contributed by atoms with Crippen molar-refractivity contribution in [1.29, 1.82) is 0 Å². The molecule has 0 bridgehead atoms. The van der Waals surface area contributed by atoms with Crippen LogP contribution in [-0.2, 0) is 19.2 Å². The van der Waals surface area contributed by atoms with E-state index < -0.39 is 48.6 Å². The summed E-state index contributed by atoms with van der Waals surface area (Å²) >= 11 is 0. The van der Waals surface area contributed by atoms with Crippen LogP contribution >= 0.6 is 0 Å². The van der Waals surface area contributed by atoms with Gasteiger partial charge in [0.05, 0.1) is 24.7 Å². The predicted octanol–water partition coefficient (Wildman–Crippen LogP) is 2.43. The van der Waals surface area contributed by atoms with Crippen molar-refractivity contribution >= 4 is 23.9 Å². The minimum atomic E-state index is -1.22. The molecule has 2 aromatic rings. The first-order valence-electron chi connectivity index (χ1n) is 9.52. The molecular formula is C22H22O10. The molecule has 32 heavy (non-hydrogen) atoms. The Morgan fingerprint density at radius 1 is 0.594 bits per heavy atom. The number of carbonyl (C=O) groups is 4. The molecule has 4 N–H and O–H groups in total. The molecule has 2 rings (SSSR count). The van der Waals surface area contributed by atoms with Gasteiger partial charge < -0.3 is 29.9 Å². The van der Waals surface area contributed by atoms with Crippen molar-refractivity contribution in [3.63, 3.8) is 0 Å². The molecule has 170 valence electrons. The van der Waals surface area contributed by atoms with Gasteiger partial charge in [-0.2, -0.15) is 0 Å². The van der Waals surface area contributed by atoms with E-state index in [1.165, 1.54) is 48.5 Å². The summed E-state index contributed by atoms with van der Waals surface area (Å²) in [5.41, 5.74) is 0.706. The second-order valence-corrected chi connectivity index (χ2v) is 6.81. The van der Waals surface area contributed by atoms with E-state index in [0.29, 0.717) is 22.6 Å². The van der Waals surface area contributed by atoms with Crippen LogP contribution in [0.4, 0.5) is 0 Å². The molecule has 0 spiro atoms. The average Bonchev–Trinajstić information content (AvgIpc) is 2.74. The topological polar surface area (TPSA) is 168 Å². The van der Waals surface area contributed by atoms with Crippen LogP contribution in [0, 0.1) is 0 Å². The first-order chi connectivity index (χ1) is 15.2. The van der Waals surface area contributed by atoms with Gasteiger partial charge in [0, 0.05) is 0 Å². The van der Waals surface area contributed by atoms with Crippen LogP contribution < -0.4 is 9.47 Å². The fraction of sp³-hybridized carbons (Fsp3) is 0.273. The highest BCUT2D eigenvalue weighted by Crippen LogP contribution is 2.24. The summed E-state index contributed by atoms with van der Waals surface area (Å²) in [5, 5.41) is 36.0. The van der Waals surface area contributed by atoms with Gasteiger partial charge >= 0.3 is 23.9 Å². The average molecular weight is 446 g/mol. The molecule has 0 amide bonds. The van der Waals surface area contributed by atoms with Gasteiger partial charge in [-0.1, -0.05) is 24.3 Å². The number of hydrogen-bond donors (Lipinski definition) is 4. The SMILES string of the molecule is O=C(O)C[C@H](C(=O)O)c1ccc(OCCOc2ccc([C@@H](CC(=O)O)C(=O)O)cc2)cc1. The predicted molar refractivity (Wildman–Crippen MR) is 109 cm³/mol. The summed E-state index contributed by atoms with van der Waals surface area (Å²) in [6, 6.07) is 12.1. The molecule has 0 radical (unpaired) electrons. The van der Waals surface area contributed by atoms with Crippen LogP contribution in [0.15, 0.2) is 48.5 Å². The Labute approximate surface area is 182 Å². The Morgan fingerprint density at radius 2 is 0.906 bits per heavy atom. The number of benzene rings is 2. The van der Waals surface area contributed by atoms with Crippen molar-refractivity contribution in [2.75, 3.05) is 13.2 Å². The van der Waals surface area contributed by atoms with Crippen LogP contribution in [0.5, 0.6) is 11.5 Å². The van der Waals surface area contributed by atoms with Crippen LogP contribution in [0.2, 0.25) is 0 Å². The highest BCUT2D eigenvalue weighted by atomic mass is 16.5. The van der Waals surface area contributed by atoms with Crippen LogP contribution in [0.25, 0.3) is 0 Å². The van der Waals surface area contributed by atoms with Crippen molar-refractivity contribution in [2.24, 2.45) is 0 Å². The van der Waals surface area contributed by atoms with Crippen molar-refractivity contribution in [2.45, 2.75) is 24.7 Å². The van der Waals surface area contributed by atoms with E-state index in [1.807, 2.05) is 0 Å². The van der Waals surface area contributed by atoms with Gasteiger partial charge in [-0.25, -0.2) is 0 Å². The quantitative estimate of drug-likeness (QED) is 0.335. The molecule has 10 nitrogen and oxygen atoms in total. The zero-order chi connectivity index (χ0) is 23.7. The minimum Gasteiger partial charge on any atom is -0.490 e. The van der Waals surface area contributed by atoms with E-state index in [-0.39, 0.29) is 13.2 Å². The zero-order valence-electron chi connectivity index (χ0n) is 16.8. The van der Waals surface area contributed by atoms with Crippen LogP contribution in [0.3, 0.4) is 0 Å². The molecule has 0 aliphatic carbocycles. The zero-order valence-corrected chi connectivity index (χ0v) is 16.8. The molecule has 0 fully saturated rings. The molecule has 0 heterocycles. The summed E-state index contributed by atoms with van der Waals surface area (Å²) in [4.78, 5) is 44.1. The fourth-order valence-electron chi connectivity index (χ4n) is 2.96. The molecule has 0 aliphatic heterocycles. The lowest BCUT2D eigenvalue weighted by atomic mass is 9.96. The third-order valence-corrected chi connectivity index (χ3v) is 4.54. The second kappa shape index (κ2) is 11.3.